The van der Waals surface area contributed by atoms with Gasteiger partial charge in [-0.1, -0.05) is 0 Å². The molecule has 0 saturated carbocycles. The minimum Gasteiger partial charge on any atom is -0.479 e. The van der Waals surface area contributed by atoms with Gasteiger partial charge in [-0.15, -0.1) is 0 Å². The number of nitrogens with two attached hydrogens (primary N) is 2. The molecule has 2 aromatic carbocycles. The molecule has 4 N–H and O–H groups in total. The average Bonchev–Trinajstić information content (AvgIpc) is 2.68. The SMILES string of the molecule is CC(Oc1ccc(N)cc1)C(=O)OCCOC(=O)C(C)Oc1ccc(N)cc1. The maximum absolute atomic E-state index is 11.9. The number of rotatable bonds is 9. The molecule has 2 aromatic rings. The van der Waals surface area contributed by atoms with Crippen LogP contribution in [0.2, 0.25) is 0 Å². The highest BCUT2D eigenvalue weighted by Crippen LogP contribution is 2.16. The zero-order valence-corrected chi connectivity index (χ0v) is 15.8. The van der Waals surface area contributed by atoms with Crippen LogP contribution in [-0.2, 0) is 19.1 Å². The summed E-state index contributed by atoms with van der Waals surface area (Å²) in [6.07, 6.45) is -1.63. The summed E-state index contributed by atoms with van der Waals surface area (Å²) in [6, 6.07) is 13.3. The molecular formula is C20H24N2O6. The van der Waals surface area contributed by atoms with Gasteiger partial charge in [0.2, 0.25) is 0 Å². The Balaban J connectivity index is 1.66. The molecule has 0 bridgehead atoms. The number of anilines is 2. The van der Waals surface area contributed by atoms with E-state index in [9.17, 15) is 9.59 Å². The van der Waals surface area contributed by atoms with E-state index in [1.165, 1.54) is 0 Å². The highest BCUT2D eigenvalue weighted by atomic mass is 16.6. The molecule has 0 aliphatic heterocycles. The molecule has 0 spiro atoms. The second-order valence-electron chi connectivity index (χ2n) is 5.99. The molecule has 0 heterocycles. The quantitative estimate of drug-likeness (QED) is 0.381. The largest absolute Gasteiger partial charge is 0.479 e. The van der Waals surface area contributed by atoms with Gasteiger partial charge < -0.3 is 30.4 Å². The fraction of sp³-hybridized carbons (Fsp3) is 0.300. The smallest absolute Gasteiger partial charge is 0.347 e. The van der Waals surface area contributed by atoms with Gasteiger partial charge in [-0.05, 0) is 62.4 Å². The number of benzene rings is 2. The zero-order chi connectivity index (χ0) is 20.5. The summed E-state index contributed by atoms with van der Waals surface area (Å²) in [5.74, 6) is -0.143. The van der Waals surface area contributed by atoms with E-state index in [2.05, 4.69) is 0 Å². The Morgan fingerprint density at radius 3 is 1.36 bits per heavy atom. The molecule has 0 amide bonds. The van der Waals surface area contributed by atoms with Crippen molar-refractivity contribution >= 4 is 23.3 Å². The molecule has 0 aromatic heterocycles. The Morgan fingerprint density at radius 2 is 1.04 bits per heavy atom. The highest BCUT2D eigenvalue weighted by Gasteiger charge is 2.18. The number of ether oxygens (including phenoxy) is 4. The van der Waals surface area contributed by atoms with Gasteiger partial charge in [0, 0.05) is 11.4 Å². The summed E-state index contributed by atoms with van der Waals surface area (Å²) >= 11 is 0. The van der Waals surface area contributed by atoms with E-state index in [-0.39, 0.29) is 13.2 Å². The van der Waals surface area contributed by atoms with Gasteiger partial charge in [-0.25, -0.2) is 9.59 Å². The molecular weight excluding hydrogens is 364 g/mol. The van der Waals surface area contributed by atoms with Crippen LogP contribution in [0.25, 0.3) is 0 Å². The molecule has 8 nitrogen and oxygen atoms in total. The van der Waals surface area contributed by atoms with E-state index >= 15 is 0 Å². The van der Waals surface area contributed by atoms with Crippen molar-refractivity contribution in [2.75, 3.05) is 24.7 Å². The standard InChI is InChI=1S/C20H24N2O6/c1-13(27-17-7-3-15(21)4-8-17)19(23)25-11-12-26-20(24)14(2)28-18-9-5-16(22)6-10-18/h3-10,13-14H,11-12,21-22H2,1-2H3. The second-order valence-corrected chi connectivity index (χ2v) is 5.99. The van der Waals surface area contributed by atoms with Crippen LogP contribution in [0, 0.1) is 0 Å². The first kappa shape index (κ1) is 20.9. The predicted molar refractivity (Wildman–Crippen MR) is 104 cm³/mol. The van der Waals surface area contributed by atoms with Crippen LogP contribution in [0.4, 0.5) is 11.4 Å². The van der Waals surface area contributed by atoms with Gasteiger partial charge >= 0.3 is 11.9 Å². The zero-order valence-electron chi connectivity index (χ0n) is 15.8. The Kier molecular flexibility index (Phi) is 7.50. The fourth-order valence-electron chi connectivity index (χ4n) is 2.12. The Labute approximate surface area is 163 Å². The molecule has 8 heteroatoms. The first-order valence-corrected chi connectivity index (χ1v) is 8.73. The average molecular weight is 388 g/mol. The summed E-state index contributed by atoms with van der Waals surface area (Å²) in [6.45, 7) is 2.95. The molecule has 2 atom stereocenters. The van der Waals surface area contributed by atoms with Crippen LogP contribution in [0.15, 0.2) is 48.5 Å². The summed E-state index contributed by atoms with van der Waals surface area (Å²) < 4.78 is 21.0. The van der Waals surface area contributed by atoms with Gasteiger partial charge in [0.05, 0.1) is 0 Å². The van der Waals surface area contributed by atoms with Crippen molar-refractivity contribution in [3.63, 3.8) is 0 Å². The van der Waals surface area contributed by atoms with Crippen molar-refractivity contribution in [2.24, 2.45) is 0 Å². The van der Waals surface area contributed by atoms with Crippen molar-refractivity contribution in [3.8, 4) is 11.5 Å². The molecule has 0 fully saturated rings. The number of esters is 2. The van der Waals surface area contributed by atoms with Crippen molar-refractivity contribution in [3.05, 3.63) is 48.5 Å². The molecule has 2 unspecified atom stereocenters. The van der Waals surface area contributed by atoms with Crippen LogP contribution in [-0.4, -0.2) is 37.4 Å². The van der Waals surface area contributed by atoms with Gasteiger partial charge in [-0.2, -0.15) is 0 Å². The van der Waals surface area contributed by atoms with E-state index in [4.69, 9.17) is 30.4 Å². The lowest BCUT2D eigenvalue weighted by molar-refractivity contribution is -0.159. The van der Waals surface area contributed by atoms with Crippen molar-refractivity contribution in [2.45, 2.75) is 26.1 Å². The molecule has 0 aliphatic rings. The first-order chi connectivity index (χ1) is 13.3. The van der Waals surface area contributed by atoms with E-state index in [0.717, 1.165) is 0 Å². The van der Waals surface area contributed by atoms with Gasteiger partial charge in [0.25, 0.3) is 0 Å². The lowest BCUT2D eigenvalue weighted by Crippen LogP contribution is -2.29. The van der Waals surface area contributed by atoms with Crippen LogP contribution in [0.5, 0.6) is 11.5 Å². The normalized spacial score (nSPS) is 12.5. The Bertz CT molecular complexity index is 709. The molecule has 0 aliphatic carbocycles. The summed E-state index contributed by atoms with van der Waals surface area (Å²) in [7, 11) is 0. The number of carbonyl (C=O) groups is 2. The Hall–Kier alpha value is -3.42. The van der Waals surface area contributed by atoms with Crippen molar-refractivity contribution in [1.82, 2.24) is 0 Å². The van der Waals surface area contributed by atoms with Gasteiger partial charge in [-0.3, -0.25) is 0 Å². The summed E-state index contributed by atoms with van der Waals surface area (Å²) in [4.78, 5) is 23.8. The highest BCUT2D eigenvalue weighted by molar-refractivity contribution is 5.75. The third-order valence-corrected chi connectivity index (χ3v) is 3.62. The Morgan fingerprint density at radius 1 is 0.714 bits per heavy atom. The maximum Gasteiger partial charge on any atom is 0.347 e. The molecule has 0 saturated heterocycles. The number of nitrogen functional groups attached to an aromatic ring is 2. The molecule has 2 rings (SSSR count). The van der Waals surface area contributed by atoms with E-state index in [1.54, 1.807) is 62.4 Å². The summed E-state index contributed by atoms with van der Waals surface area (Å²) in [5.41, 5.74) is 12.4. The second kappa shape index (κ2) is 10.1. The lowest BCUT2D eigenvalue weighted by Gasteiger charge is -2.15. The third-order valence-electron chi connectivity index (χ3n) is 3.62. The lowest BCUT2D eigenvalue weighted by atomic mass is 10.3. The number of carbonyl (C=O) groups excluding carboxylic acids is 2. The van der Waals surface area contributed by atoms with E-state index in [1.807, 2.05) is 0 Å². The van der Waals surface area contributed by atoms with Crippen LogP contribution < -0.4 is 20.9 Å². The minimum atomic E-state index is -0.813. The van der Waals surface area contributed by atoms with Crippen LogP contribution in [0.3, 0.4) is 0 Å². The monoisotopic (exact) mass is 388 g/mol. The van der Waals surface area contributed by atoms with E-state index in [0.29, 0.717) is 22.9 Å². The number of hydrogen-bond acceptors (Lipinski definition) is 8. The topological polar surface area (TPSA) is 123 Å². The van der Waals surface area contributed by atoms with Crippen molar-refractivity contribution < 1.29 is 28.5 Å². The van der Waals surface area contributed by atoms with Crippen molar-refractivity contribution in [1.29, 1.82) is 0 Å². The van der Waals surface area contributed by atoms with Crippen LogP contribution in [0.1, 0.15) is 13.8 Å². The third kappa shape index (κ3) is 6.71. The number of hydrogen-bond donors (Lipinski definition) is 2. The maximum atomic E-state index is 11.9. The van der Waals surface area contributed by atoms with Gasteiger partial charge in [0.1, 0.15) is 24.7 Å². The molecule has 150 valence electrons. The van der Waals surface area contributed by atoms with Crippen LogP contribution >= 0.6 is 0 Å². The minimum absolute atomic E-state index is 0.0887. The molecule has 0 radical (unpaired) electrons. The fourth-order valence-corrected chi connectivity index (χ4v) is 2.12. The van der Waals surface area contributed by atoms with Gasteiger partial charge in [0.15, 0.2) is 12.2 Å². The first-order valence-electron chi connectivity index (χ1n) is 8.73. The van der Waals surface area contributed by atoms with E-state index < -0.39 is 24.1 Å². The predicted octanol–water partition coefficient (Wildman–Crippen LogP) is 2.17. The molecule has 28 heavy (non-hydrogen) atoms. The summed E-state index contributed by atoms with van der Waals surface area (Å²) in [5, 5.41) is 0.